The molecule has 2 aromatic rings. The van der Waals surface area contributed by atoms with E-state index in [4.69, 9.17) is 22.1 Å². The Morgan fingerprint density at radius 3 is 2.43 bits per heavy atom. The predicted octanol–water partition coefficient (Wildman–Crippen LogP) is 4.14. The SMILES string of the molecule is N#CC1=C(N)OC(c2cccs2)=C(C#N)[C@H]1c1ccccc1Cl. The molecule has 3 rings (SSSR count). The molecule has 2 heterocycles. The van der Waals surface area contributed by atoms with Crippen LogP contribution >= 0.6 is 22.9 Å². The molecule has 0 fully saturated rings. The van der Waals surface area contributed by atoms with Crippen molar-refractivity contribution in [3.8, 4) is 12.1 Å². The third kappa shape index (κ3) is 2.57. The summed E-state index contributed by atoms with van der Waals surface area (Å²) in [7, 11) is 0. The van der Waals surface area contributed by atoms with E-state index in [1.807, 2.05) is 29.6 Å². The lowest BCUT2D eigenvalue weighted by Crippen LogP contribution is -2.20. The lowest BCUT2D eigenvalue weighted by molar-refractivity contribution is 0.358. The van der Waals surface area contributed by atoms with E-state index in [1.54, 1.807) is 18.2 Å². The van der Waals surface area contributed by atoms with E-state index in [0.29, 0.717) is 21.9 Å². The molecule has 0 aliphatic carbocycles. The van der Waals surface area contributed by atoms with Crippen LogP contribution in [-0.4, -0.2) is 0 Å². The van der Waals surface area contributed by atoms with E-state index in [0.717, 1.165) is 4.88 Å². The van der Waals surface area contributed by atoms with E-state index in [1.165, 1.54) is 11.3 Å². The van der Waals surface area contributed by atoms with Gasteiger partial charge in [-0.2, -0.15) is 10.5 Å². The molecule has 4 nitrogen and oxygen atoms in total. The number of hydrogen-bond donors (Lipinski definition) is 1. The number of thiophene rings is 1. The van der Waals surface area contributed by atoms with Crippen LogP contribution in [0.4, 0.5) is 0 Å². The first-order valence-corrected chi connectivity index (χ1v) is 7.93. The number of nitrogens with two attached hydrogens (primary N) is 1. The Kier molecular flexibility index (Phi) is 4.08. The maximum Gasteiger partial charge on any atom is 0.205 e. The predicted molar refractivity (Wildman–Crippen MR) is 89.0 cm³/mol. The van der Waals surface area contributed by atoms with Gasteiger partial charge in [-0.05, 0) is 23.1 Å². The summed E-state index contributed by atoms with van der Waals surface area (Å²) in [6.45, 7) is 0. The van der Waals surface area contributed by atoms with Crippen molar-refractivity contribution >= 4 is 28.7 Å². The maximum atomic E-state index is 9.68. The fourth-order valence-corrected chi connectivity index (χ4v) is 3.45. The minimum Gasteiger partial charge on any atom is -0.438 e. The van der Waals surface area contributed by atoms with Crippen LogP contribution < -0.4 is 5.73 Å². The monoisotopic (exact) mass is 339 g/mol. The molecule has 0 bridgehead atoms. The molecule has 0 saturated carbocycles. The van der Waals surface area contributed by atoms with Gasteiger partial charge in [0, 0.05) is 5.02 Å². The number of hydrogen-bond acceptors (Lipinski definition) is 5. The highest BCUT2D eigenvalue weighted by Crippen LogP contribution is 2.44. The fraction of sp³-hybridized carbons (Fsp3) is 0.0588. The zero-order chi connectivity index (χ0) is 16.4. The topological polar surface area (TPSA) is 82.8 Å². The van der Waals surface area contributed by atoms with Crippen molar-refractivity contribution in [3.05, 3.63) is 74.3 Å². The average Bonchev–Trinajstić information content (AvgIpc) is 3.08. The molecule has 1 aromatic carbocycles. The third-order valence-corrected chi connectivity index (χ3v) is 4.71. The molecule has 0 saturated heterocycles. The van der Waals surface area contributed by atoms with Crippen molar-refractivity contribution in [1.29, 1.82) is 10.5 Å². The number of benzene rings is 1. The van der Waals surface area contributed by atoms with Crippen molar-refractivity contribution in [2.45, 2.75) is 5.92 Å². The highest BCUT2D eigenvalue weighted by Gasteiger charge is 2.35. The van der Waals surface area contributed by atoms with Crippen molar-refractivity contribution < 1.29 is 4.74 Å². The van der Waals surface area contributed by atoms with Gasteiger partial charge in [-0.15, -0.1) is 11.3 Å². The van der Waals surface area contributed by atoms with Crippen molar-refractivity contribution in [1.82, 2.24) is 0 Å². The van der Waals surface area contributed by atoms with E-state index < -0.39 is 5.92 Å². The van der Waals surface area contributed by atoms with E-state index >= 15 is 0 Å². The number of halogens is 1. The van der Waals surface area contributed by atoms with Crippen LogP contribution in [0.25, 0.3) is 5.76 Å². The molecule has 1 aliphatic rings. The van der Waals surface area contributed by atoms with Crippen LogP contribution in [0.1, 0.15) is 16.4 Å². The molecule has 112 valence electrons. The quantitative estimate of drug-likeness (QED) is 0.891. The lowest BCUT2D eigenvalue weighted by atomic mass is 9.83. The van der Waals surface area contributed by atoms with Gasteiger partial charge in [-0.3, -0.25) is 0 Å². The summed E-state index contributed by atoms with van der Waals surface area (Å²) >= 11 is 7.71. The molecule has 0 amide bonds. The first kappa shape index (κ1) is 15.2. The Morgan fingerprint density at radius 2 is 1.83 bits per heavy atom. The van der Waals surface area contributed by atoms with Crippen LogP contribution in [0.5, 0.6) is 0 Å². The van der Waals surface area contributed by atoms with Gasteiger partial charge in [0.2, 0.25) is 5.88 Å². The van der Waals surface area contributed by atoms with Crippen LogP contribution in [-0.2, 0) is 4.74 Å². The highest BCUT2D eigenvalue weighted by atomic mass is 35.5. The second-order valence-electron chi connectivity index (χ2n) is 4.78. The summed E-state index contributed by atoms with van der Waals surface area (Å²) < 4.78 is 5.59. The molecule has 1 aromatic heterocycles. The summed E-state index contributed by atoms with van der Waals surface area (Å²) in [4.78, 5) is 0.776. The molecule has 6 heteroatoms. The number of nitrogens with zero attached hydrogens (tertiary/aromatic N) is 2. The summed E-state index contributed by atoms with van der Waals surface area (Å²) in [5, 5.41) is 21.5. The Bertz CT molecular complexity index is 901. The average molecular weight is 340 g/mol. The standard InChI is InChI=1S/C17H10ClN3OS/c18-13-5-2-1-4-10(13)15-11(8-19)16(14-6-3-7-23-14)22-17(21)12(15)9-20/h1-7,15H,21H2/t15-/m1/s1. The van der Waals surface area contributed by atoms with Crippen molar-refractivity contribution in [2.24, 2.45) is 5.73 Å². The zero-order valence-corrected chi connectivity index (χ0v) is 13.4. The Balaban J connectivity index is 2.27. The van der Waals surface area contributed by atoms with Crippen LogP contribution in [0.3, 0.4) is 0 Å². The molecule has 2 N–H and O–H groups in total. The fourth-order valence-electron chi connectivity index (χ4n) is 2.48. The molecule has 0 unspecified atom stereocenters. The maximum absolute atomic E-state index is 9.68. The van der Waals surface area contributed by atoms with E-state index in [-0.39, 0.29) is 11.5 Å². The molecule has 23 heavy (non-hydrogen) atoms. The summed E-state index contributed by atoms with van der Waals surface area (Å²) in [6.07, 6.45) is 0. The molecule has 0 spiro atoms. The molecule has 1 aliphatic heterocycles. The van der Waals surface area contributed by atoms with E-state index in [9.17, 15) is 10.5 Å². The van der Waals surface area contributed by atoms with Gasteiger partial charge in [0.05, 0.1) is 22.4 Å². The smallest absolute Gasteiger partial charge is 0.205 e. The largest absolute Gasteiger partial charge is 0.438 e. The van der Waals surface area contributed by atoms with Gasteiger partial charge in [-0.1, -0.05) is 35.9 Å². The second kappa shape index (κ2) is 6.18. The summed E-state index contributed by atoms with van der Waals surface area (Å²) in [5.41, 5.74) is 7.10. The number of allylic oxidation sites excluding steroid dienone is 2. The Labute approximate surface area is 142 Å². The number of rotatable bonds is 2. The third-order valence-electron chi connectivity index (χ3n) is 3.50. The lowest BCUT2D eigenvalue weighted by Gasteiger charge is -2.26. The second-order valence-corrected chi connectivity index (χ2v) is 6.13. The van der Waals surface area contributed by atoms with Gasteiger partial charge in [0.25, 0.3) is 0 Å². The van der Waals surface area contributed by atoms with Crippen molar-refractivity contribution in [3.63, 3.8) is 0 Å². The summed E-state index contributed by atoms with van der Waals surface area (Å²) in [6, 6.07) is 15.0. The van der Waals surface area contributed by atoms with Gasteiger partial charge < -0.3 is 10.5 Å². The molecular weight excluding hydrogens is 330 g/mol. The van der Waals surface area contributed by atoms with Gasteiger partial charge in [0.1, 0.15) is 11.6 Å². The Morgan fingerprint density at radius 1 is 1.09 bits per heavy atom. The number of ether oxygens (including phenoxy) is 1. The van der Waals surface area contributed by atoms with Gasteiger partial charge >= 0.3 is 0 Å². The minimum atomic E-state index is -0.635. The highest BCUT2D eigenvalue weighted by molar-refractivity contribution is 7.11. The van der Waals surface area contributed by atoms with Gasteiger partial charge in [0.15, 0.2) is 5.76 Å². The molecular formula is C17H10ClN3OS. The van der Waals surface area contributed by atoms with Gasteiger partial charge in [-0.25, -0.2) is 0 Å². The molecule has 0 radical (unpaired) electrons. The van der Waals surface area contributed by atoms with Crippen molar-refractivity contribution in [2.75, 3.05) is 0 Å². The first-order valence-electron chi connectivity index (χ1n) is 6.67. The molecule has 1 atom stereocenters. The van der Waals surface area contributed by atoms with Crippen LogP contribution in [0, 0.1) is 22.7 Å². The number of nitriles is 2. The Hall–Kier alpha value is -2.73. The normalized spacial score (nSPS) is 17.4. The van der Waals surface area contributed by atoms with Crippen LogP contribution in [0.2, 0.25) is 5.02 Å². The first-order chi connectivity index (χ1) is 11.2. The van der Waals surface area contributed by atoms with E-state index in [2.05, 4.69) is 6.07 Å². The van der Waals surface area contributed by atoms with Crippen LogP contribution in [0.15, 0.2) is 58.8 Å². The summed E-state index contributed by atoms with van der Waals surface area (Å²) in [5.74, 6) is -0.256. The zero-order valence-electron chi connectivity index (χ0n) is 11.8. The minimum absolute atomic E-state index is 0.000167.